The Morgan fingerprint density at radius 1 is 1.03 bits per heavy atom. The molecule has 5 bridgehead atoms. The first-order valence-corrected chi connectivity index (χ1v) is 24.6. The van der Waals surface area contributed by atoms with E-state index in [2.05, 4.69) is 24.1 Å². The Morgan fingerprint density at radius 3 is 2.37 bits per heavy atom. The van der Waals surface area contributed by atoms with Crippen LogP contribution in [0.25, 0.3) is 16.5 Å². The smallest absolute Gasteiger partial charge is 0.327 e. The van der Waals surface area contributed by atoms with E-state index in [-0.39, 0.29) is 80.5 Å². The summed E-state index contributed by atoms with van der Waals surface area (Å²) in [7, 11) is 1.57. The monoisotopic (exact) mass is 978 g/mol. The van der Waals surface area contributed by atoms with Crippen molar-refractivity contribution in [3.05, 3.63) is 94.0 Å². The summed E-state index contributed by atoms with van der Waals surface area (Å²) in [5, 5.41) is 40.5. The van der Waals surface area contributed by atoms with E-state index >= 15 is 0 Å². The quantitative estimate of drug-likeness (QED) is 0.0631. The lowest BCUT2D eigenvalue weighted by Crippen LogP contribution is -2.43. The number of allylic oxidation sites excluding steroid dienone is 4. The minimum absolute atomic E-state index is 0.0214. The minimum Gasteiger partial charge on any atom is -0.507 e. The number of benzene rings is 3. The normalized spacial score (nSPS) is 27.7. The summed E-state index contributed by atoms with van der Waals surface area (Å²) in [6.45, 7) is 18.7. The van der Waals surface area contributed by atoms with Gasteiger partial charge in [0.15, 0.2) is 11.4 Å². The summed E-state index contributed by atoms with van der Waals surface area (Å²) in [6, 6.07) is 7.06. The Hall–Kier alpha value is -6.43. The standard InChI is InChI=1S/C54H71N7O10/c1-29(2)26-60-22-20-54(21-23-60)58-43-40-41-47(64)35(8)50-42(40)51(66)53(9,71-50)69-24-12-15-31(4)49(70-39(62)28-61(56)27-38(55)36-16-18-37(68-10)19-17-36)34(7)46(63)33(6)25-30(3)13-11-14-32(5)52(67)57-45(48(41)65)44(43)59-54/h11-14,16-19,24,27,29-31,33-34,46,49,63-65H,15,20-23,25-26,28,55-56H2,1-10H3,(H,57,67)/b13-11+,24-12+,32-14-,38-27-/t30?,31-,33-,34-,46?,49?,53?/m1/s1. The fourth-order valence-electron chi connectivity index (χ4n) is 10.2. The predicted octanol–water partition coefficient (Wildman–Crippen LogP) is 6.28. The van der Waals surface area contributed by atoms with Crippen LogP contribution < -0.4 is 37.1 Å². The average molecular weight is 978 g/mol. The van der Waals surface area contributed by atoms with Gasteiger partial charge in [-0.3, -0.25) is 24.4 Å². The number of methoxy groups -OCH3 is 1. The van der Waals surface area contributed by atoms with Crippen LogP contribution in [-0.4, -0.2) is 99.8 Å². The van der Waals surface area contributed by atoms with Gasteiger partial charge in [-0.15, -0.1) is 0 Å². The van der Waals surface area contributed by atoms with E-state index in [1.807, 2.05) is 33.8 Å². The lowest BCUT2D eigenvalue weighted by atomic mass is 9.80. The number of phenols is 2. The summed E-state index contributed by atoms with van der Waals surface area (Å²) in [4.78, 5) is 55.2. The van der Waals surface area contributed by atoms with E-state index in [0.29, 0.717) is 60.9 Å². The van der Waals surface area contributed by atoms with Gasteiger partial charge in [-0.1, -0.05) is 59.8 Å². The molecule has 5 aliphatic heterocycles. The lowest BCUT2D eigenvalue weighted by Gasteiger charge is -2.36. The number of aliphatic hydroxyl groups is 1. The van der Waals surface area contributed by atoms with Crippen molar-refractivity contribution in [2.45, 2.75) is 112 Å². The maximum Gasteiger partial charge on any atom is 0.327 e. The second-order valence-corrected chi connectivity index (χ2v) is 20.5. The summed E-state index contributed by atoms with van der Waals surface area (Å²) in [5.74, 6) is 1.74. The first-order chi connectivity index (χ1) is 33.6. The number of carbonyl (C=O) groups excluding carboxylic acids is 3. The van der Waals surface area contributed by atoms with Gasteiger partial charge in [-0.25, -0.2) is 5.84 Å². The second kappa shape index (κ2) is 21.1. The van der Waals surface area contributed by atoms with Crippen molar-refractivity contribution in [1.82, 2.24) is 9.91 Å². The number of piperidine rings is 1. The van der Waals surface area contributed by atoms with Crippen LogP contribution in [0.4, 0.5) is 5.69 Å². The number of fused-ring (bicyclic) bond motifs is 13. The number of Topliss-reactive ketones (excluding diaryl/α,β-unsaturated/α-hetero) is 1. The van der Waals surface area contributed by atoms with Crippen molar-refractivity contribution >= 4 is 39.8 Å². The zero-order valence-electron chi connectivity index (χ0n) is 42.6. The largest absolute Gasteiger partial charge is 0.507 e. The molecule has 17 nitrogen and oxygen atoms in total. The molecule has 3 aromatic rings. The van der Waals surface area contributed by atoms with Gasteiger partial charge in [0.1, 0.15) is 40.9 Å². The molecule has 17 heteroatoms. The molecule has 0 radical (unpaired) electrons. The topological polar surface area (TPSA) is 244 Å². The highest BCUT2D eigenvalue weighted by Gasteiger charge is 2.50. The highest BCUT2D eigenvalue weighted by molar-refractivity contribution is 6.19. The molecule has 3 aromatic carbocycles. The number of amides is 1. The van der Waals surface area contributed by atoms with E-state index in [9.17, 15) is 29.7 Å². The number of rotatable bonds is 8. The van der Waals surface area contributed by atoms with Crippen molar-refractivity contribution in [2.75, 3.05) is 38.6 Å². The number of nitrogens with zero attached hydrogens (tertiary/aromatic N) is 4. The Bertz CT molecular complexity index is 2800. The zero-order valence-corrected chi connectivity index (χ0v) is 42.6. The third-order valence-electron chi connectivity index (χ3n) is 14.2. The molecule has 1 saturated heterocycles. The van der Waals surface area contributed by atoms with Crippen molar-refractivity contribution in [2.24, 2.45) is 51.2 Å². The van der Waals surface area contributed by atoms with Crippen LogP contribution in [0.2, 0.25) is 0 Å². The molecule has 1 fully saturated rings. The molecule has 0 aliphatic carbocycles. The Morgan fingerprint density at radius 2 is 1.70 bits per heavy atom. The van der Waals surface area contributed by atoms with Crippen molar-refractivity contribution in [3.8, 4) is 23.0 Å². The molecular formula is C54H71N7O10. The number of phenolic OH excluding ortho intramolecular Hbond substituents is 2. The molecule has 5 aliphatic rings. The maximum absolute atomic E-state index is 14.8. The number of likely N-dealkylation sites (tertiary alicyclic amines) is 1. The summed E-state index contributed by atoms with van der Waals surface area (Å²) in [5.41, 5.74) is 6.88. The Balaban J connectivity index is 1.25. The highest BCUT2D eigenvalue weighted by atomic mass is 16.7. The van der Waals surface area contributed by atoms with Gasteiger partial charge in [0.25, 0.3) is 11.7 Å². The molecule has 1 amide bonds. The number of esters is 1. The molecule has 382 valence electrons. The highest BCUT2D eigenvalue weighted by Crippen LogP contribution is 2.50. The number of hydrogen-bond donors (Lipinski definition) is 6. The molecular weight excluding hydrogens is 907 g/mol. The van der Waals surface area contributed by atoms with Gasteiger partial charge in [0.2, 0.25) is 0 Å². The lowest BCUT2D eigenvalue weighted by molar-refractivity contribution is -0.159. The molecule has 1 spiro atoms. The van der Waals surface area contributed by atoms with E-state index in [0.717, 1.165) is 11.6 Å². The molecule has 7 atom stereocenters. The third kappa shape index (κ3) is 10.9. The summed E-state index contributed by atoms with van der Waals surface area (Å²) >= 11 is 0. The van der Waals surface area contributed by atoms with Crippen LogP contribution in [0.5, 0.6) is 23.0 Å². The number of nitrogens with two attached hydrogens (primary N) is 2. The third-order valence-corrected chi connectivity index (χ3v) is 14.2. The molecule has 0 saturated carbocycles. The first kappa shape index (κ1) is 52.4. The van der Waals surface area contributed by atoms with E-state index in [4.69, 9.17) is 40.5 Å². The molecule has 0 aromatic heterocycles. The van der Waals surface area contributed by atoms with E-state index < -0.39 is 53.0 Å². The molecule has 71 heavy (non-hydrogen) atoms. The maximum atomic E-state index is 14.8. The SMILES string of the molecule is COc1ccc(/C(N)=C/N(N)CC(=O)OC2[C@H](C)C(O)[C@H](C)CC(C)/C=C/C=C(/C)C(=O)Nc3c(O)c4c(O)c(C)c5c(c4c4c3=NC3(CCN(CC(C)C)CC3)N=4)C(=O)C(C)(O/C=C/C[C@H]2C)O5)cc1. The van der Waals surface area contributed by atoms with Crippen molar-refractivity contribution in [3.63, 3.8) is 0 Å². The van der Waals surface area contributed by atoms with Crippen LogP contribution in [-0.2, 0) is 19.1 Å². The fourth-order valence-corrected chi connectivity index (χ4v) is 10.2. The first-order valence-electron chi connectivity index (χ1n) is 24.6. The van der Waals surface area contributed by atoms with Gasteiger partial charge in [0.05, 0.1) is 41.5 Å². The van der Waals surface area contributed by atoms with Gasteiger partial charge in [-0.2, -0.15) is 0 Å². The zero-order chi connectivity index (χ0) is 51.7. The average Bonchev–Trinajstić information content (AvgIpc) is 3.82. The number of carbonyl (C=O) groups is 3. The number of ketones is 1. The summed E-state index contributed by atoms with van der Waals surface area (Å²) < 4.78 is 23.9. The number of aliphatic hydroxyl groups excluding tert-OH is 1. The number of aromatic hydroxyl groups is 2. The van der Waals surface area contributed by atoms with Crippen LogP contribution in [0, 0.1) is 36.5 Å². The molecule has 8 rings (SSSR count). The van der Waals surface area contributed by atoms with Crippen LogP contribution in [0.15, 0.2) is 76.6 Å². The van der Waals surface area contributed by atoms with E-state index in [1.165, 1.54) is 19.4 Å². The van der Waals surface area contributed by atoms with Crippen molar-refractivity contribution in [1.29, 1.82) is 0 Å². The Labute approximate surface area is 415 Å². The molecule has 4 unspecified atom stereocenters. The predicted molar refractivity (Wildman–Crippen MR) is 271 cm³/mol. The molecule has 5 heterocycles. The van der Waals surface area contributed by atoms with Gasteiger partial charge >= 0.3 is 11.8 Å². The van der Waals surface area contributed by atoms with Crippen LogP contribution in [0.1, 0.15) is 103 Å². The fraction of sp³-hybridized carbons (Fsp3) is 0.500. The Kier molecular flexibility index (Phi) is 15.6. The van der Waals surface area contributed by atoms with Crippen molar-refractivity contribution < 1.29 is 48.7 Å². The van der Waals surface area contributed by atoms with Gasteiger partial charge in [0, 0.05) is 68.0 Å². The van der Waals surface area contributed by atoms with Crippen LogP contribution >= 0.6 is 0 Å². The van der Waals surface area contributed by atoms with Gasteiger partial charge < -0.3 is 55.2 Å². The number of ether oxygens (including phenoxy) is 4. The summed E-state index contributed by atoms with van der Waals surface area (Å²) in [6.07, 6.45) is 10.1. The number of hydrogen-bond acceptors (Lipinski definition) is 16. The number of anilines is 1. The second-order valence-electron chi connectivity index (χ2n) is 20.5. The number of hydrazine groups is 1. The molecule has 8 N–H and O–H groups in total. The number of nitrogens with one attached hydrogen (secondary N) is 1. The van der Waals surface area contributed by atoms with Crippen LogP contribution in [0.3, 0.4) is 0 Å². The van der Waals surface area contributed by atoms with E-state index in [1.54, 1.807) is 63.5 Å². The van der Waals surface area contributed by atoms with Gasteiger partial charge in [-0.05, 0) is 86.3 Å². The minimum atomic E-state index is -1.92.